The first-order valence-electron chi connectivity index (χ1n) is 7.63. The molecule has 1 N–H and O–H groups in total. The fourth-order valence-electron chi connectivity index (χ4n) is 3.57. The summed E-state index contributed by atoms with van der Waals surface area (Å²) in [6.45, 7) is 0. The van der Waals surface area contributed by atoms with Crippen molar-refractivity contribution in [3.63, 3.8) is 0 Å². The Hall–Kier alpha value is -0.570. The van der Waals surface area contributed by atoms with E-state index in [0.717, 1.165) is 25.7 Å². The SMILES string of the molecule is COC(=O)C1(NC2CCCC2)CCCCCCC1. The van der Waals surface area contributed by atoms with Crippen LogP contribution in [0.4, 0.5) is 0 Å². The van der Waals surface area contributed by atoms with Crippen molar-refractivity contribution >= 4 is 5.97 Å². The highest BCUT2D eigenvalue weighted by molar-refractivity contribution is 5.80. The van der Waals surface area contributed by atoms with E-state index in [1.54, 1.807) is 0 Å². The van der Waals surface area contributed by atoms with Crippen molar-refractivity contribution in [3.8, 4) is 0 Å². The first-order chi connectivity index (χ1) is 8.77. The van der Waals surface area contributed by atoms with Gasteiger partial charge in [-0.25, -0.2) is 0 Å². The lowest BCUT2D eigenvalue weighted by Gasteiger charge is -2.36. The van der Waals surface area contributed by atoms with E-state index in [1.165, 1.54) is 52.1 Å². The fraction of sp³-hybridized carbons (Fsp3) is 0.933. The number of carbonyl (C=O) groups is 1. The first-order valence-corrected chi connectivity index (χ1v) is 7.63. The molecule has 0 aromatic carbocycles. The van der Waals surface area contributed by atoms with E-state index in [2.05, 4.69) is 5.32 Å². The third kappa shape index (κ3) is 3.25. The highest BCUT2D eigenvalue weighted by Gasteiger charge is 2.40. The van der Waals surface area contributed by atoms with Gasteiger partial charge in [0.1, 0.15) is 5.54 Å². The summed E-state index contributed by atoms with van der Waals surface area (Å²) in [6.07, 6.45) is 13.1. The van der Waals surface area contributed by atoms with Gasteiger partial charge in [-0.15, -0.1) is 0 Å². The Labute approximate surface area is 111 Å². The molecule has 2 aliphatic rings. The van der Waals surface area contributed by atoms with Gasteiger partial charge < -0.3 is 4.74 Å². The smallest absolute Gasteiger partial charge is 0.326 e. The van der Waals surface area contributed by atoms with E-state index in [0.29, 0.717) is 6.04 Å². The molecule has 18 heavy (non-hydrogen) atoms. The number of rotatable bonds is 3. The Balaban J connectivity index is 2.06. The van der Waals surface area contributed by atoms with Gasteiger partial charge in [0.15, 0.2) is 0 Å². The van der Waals surface area contributed by atoms with Crippen LogP contribution in [0.25, 0.3) is 0 Å². The molecule has 2 aliphatic carbocycles. The molecule has 2 fully saturated rings. The molecule has 2 rings (SSSR count). The molecule has 0 unspecified atom stereocenters. The van der Waals surface area contributed by atoms with Crippen LogP contribution in [0.15, 0.2) is 0 Å². The maximum atomic E-state index is 12.3. The van der Waals surface area contributed by atoms with Gasteiger partial charge in [0.05, 0.1) is 7.11 Å². The van der Waals surface area contributed by atoms with E-state index in [4.69, 9.17) is 4.74 Å². The minimum Gasteiger partial charge on any atom is -0.468 e. The lowest BCUT2D eigenvalue weighted by atomic mass is 9.83. The van der Waals surface area contributed by atoms with E-state index >= 15 is 0 Å². The average molecular weight is 253 g/mol. The molecule has 0 aliphatic heterocycles. The van der Waals surface area contributed by atoms with E-state index < -0.39 is 0 Å². The van der Waals surface area contributed by atoms with E-state index in [-0.39, 0.29) is 11.5 Å². The van der Waals surface area contributed by atoms with Gasteiger partial charge in [-0.1, -0.05) is 44.9 Å². The molecular weight excluding hydrogens is 226 g/mol. The number of nitrogens with one attached hydrogen (secondary N) is 1. The molecule has 0 radical (unpaired) electrons. The van der Waals surface area contributed by atoms with Crippen molar-refractivity contribution < 1.29 is 9.53 Å². The monoisotopic (exact) mass is 253 g/mol. The largest absolute Gasteiger partial charge is 0.468 e. The van der Waals surface area contributed by atoms with Crippen LogP contribution in [0, 0.1) is 0 Å². The van der Waals surface area contributed by atoms with Crippen LogP contribution in [0.5, 0.6) is 0 Å². The van der Waals surface area contributed by atoms with Crippen molar-refractivity contribution in [3.05, 3.63) is 0 Å². The van der Waals surface area contributed by atoms with Gasteiger partial charge in [-0.2, -0.15) is 0 Å². The Morgan fingerprint density at radius 2 is 1.56 bits per heavy atom. The summed E-state index contributed by atoms with van der Waals surface area (Å²) in [4.78, 5) is 12.3. The molecule has 0 amide bonds. The zero-order valence-corrected chi connectivity index (χ0v) is 11.7. The summed E-state index contributed by atoms with van der Waals surface area (Å²) < 4.78 is 5.10. The number of carbonyl (C=O) groups excluding carboxylic acids is 1. The third-order valence-electron chi connectivity index (χ3n) is 4.62. The van der Waals surface area contributed by atoms with Crippen molar-refractivity contribution in [2.75, 3.05) is 7.11 Å². The summed E-state index contributed by atoms with van der Waals surface area (Å²) in [6, 6.07) is 0.531. The maximum absolute atomic E-state index is 12.3. The summed E-state index contributed by atoms with van der Waals surface area (Å²) in [5.41, 5.74) is -0.385. The molecule has 0 bridgehead atoms. The number of ether oxygens (including phenoxy) is 1. The standard InChI is InChI=1S/C15H27NO2/c1-18-14(17)15(16-13-9-5-6-10-13)11-7-3-2-4-8-12-15/h13,16H,2-12H2,1H3. The molecule has 0 heterocycles. The third-order valence-corrected chi connectivity index (χ3v) is 4.62. The Kier molecular flexibility index (Phi) is 5.04. The second-order valence-electron chi connectivity index (χ2n) is 5.97. The summed E-state index contributed by atoms with van der Waals surface area (Å²) in [5.74, 6) is -0.0312. The molecule has 2 saturated carbocycles. The average Bonchev–Trinajstić information content (AvgIpc) is 2.84. The molecule has 0 saturated heterocycles. The number of hydrogen-bond donors (Lipinski definition) is 1. The topological polar surface area (TPSA) is 38.3 Å². The molecule has 0 atom stereocenters. The highest BCUT2D eigenvalue weighted by Crippen LogP contribution is 2.30. The van der Waals surface area contributed by atoms with Crippen molar-refractivity contribution in [1.82, 2.24) is 5.32 Å². The number of hydrogen-bond acceptors (Lipinski definition) is 3. The van der Waals surface area contributed by atoms with Crippen molar-refractivity contribution in [2.45, 2.75) is 82.2 Å². The minimum absolute atomic E-state index is 0.0312. The molecule has 3 nitrogen and oxygen atoms in total. The molecular formula is C15H27NO2. The van der Waals surface area contributed by atoms with Crippen molar-refractivity contribution in [2.24, 2.45) is 0 Å². The van der Waals surface area contributed by atoms with Crippen molar-refractivity contribution in [1.29, 1.82) is 0 Å². The Bertz CT molecular complexity index is 264. The normalized spacial score (nSPS) is 25.4. The van der Waals surface area contributed by atoms with E-state index in [9.17, 15) is 4.79 Å². The van der Waals surface area contributed by atoms with Gasteiger partial charge in [-0.05, 0) is 25.7 Å². The second-order valence-corrected chi connectivity index (χ2v) is 5.97. The van der Waals surface area contributed by atoms with E-state index in [1.807, 2.05) is 0 Å². The molecule has 104 valence electrons. The van der Waals surface area contributed by atoms with Crippen LogP contribution in [0.2, 0.25) is 0 Å². The quantitative estimate of drug-likeness (QED) is 0.785. The van der Waals surface area contributed by atoms with Crippen LogP contribution < -0.4 is 5.32 Å². The van der Waals surface area contributed by atoms with Crippen LogP contribution in [0.1, 0.15) is 70.6 Å². The van der Waals surface area contributed by atoms with Crippen LogP contribution in [-0.4, -0.2) is 24.7 Å². The summed E-state index contributed by atoms with van der Waals surface area (Å²) in [5, 5.41) is 3.68. The fourth-order valence-corrected chi connectivity index (χ4v) is 3.57. The van der Waals surface area contributed by atoms with Gasteiger partial charge in [0, 0.05) is 6.04 Å². The molecule has 0 spiro atoms. The summed E-state index contributed by atoms with van der Waals surface area (Å²) >= 11 is 0. The Morgan fingerprint density at radius 1 is 1.00 bits per heavy atom. The lowest BCUT2D eigenvalue weighted by molar-refractivity contribution is -0.150. The summed E-state index contributed by atoms with van der Waals surface area (Å²) in [7, 11) is 1.53. The number of methoxy groups -OCH3 is 1. The molecule has 0 aromatic heterocycles. The van der Waals surface area contributed by atoms with Gasteiger partial charge in [0.25, 0.3) is 0 Å². The van der Waals surface area contributed by atoms with Gasteiger partial charge >= 0.3 is 5.97 Å². The second kappa shape index (κ2) is 6.55. The molecule has 0 aromatic rings. The molecule has 3 heteroatoms. The highest BCUT2D eigenvalue weighted by atomic mass is 16.5. The predicted molar refractivity (Wildman–Crippen MR) is 72.5 cm³/mol. The zero-order chi connectivity index (χ0) is 12.8. The predicted octanol–water partition coefficient (Wildman–Crippen LogP) is 3.17. The van der Waals surface area contributed by atoms with Crippen LogP contribution >= 0.6 is 0 Å². The van der Waals surface area contributed by atoms with Gasteiger partial charge in [-0.3, -0.25) is 10.1 Å². The van der Waals surface area contributed by atoms with Crippen LogP contribution in [0.3, 0.4) is 0 Å². The van der Waals surface area contributed by atoms with Gasteiger partial charge in [0.2, 0.25) is 0 Å². The zero-order valence-electron chi connectivity index (χ0n) is 11.7. The maximum Gasteiger partial charge on any atom is 0.326 e. The number of esters is 1. The Morgan fingerprint density at radius 3 is 2.11 bits per heavy atom. The minimum atomic E-state index is -0.385. The van der Waals surface area contributed by atoms with Crippen LogP contribution in [-0.2, 0) is 9.53 Å². The first kappa shape index (κ1) is 13.9. The lowest BCUT2D eigenvalue weighted by Crippen LogP contribution is -2.56.